The molecule has 0 aliphatic carbocycles. The van der Waals surface area contributed by atoms with Crippen molar-refractivity contribution in [1.29, 1.82) is 0 Å². The number of esters is 1. The number of ether oxygens (including phenoxy) is 1. The highest BCUT2D eigenvalue weighted by Gasteiger charge is 2.44. The molecule has 0 unspecified atom stereocenters. The van der Waals surface area contributed by atoms with E-state index in [1.165, 1.54) is 29.2 Å². The first-order chi connectivity index (χ1) is 20.2. The summed E-state index contributed by atoms with van der Waals surface area (Å²) >= 11 is 5.71. The van der Waals surface area contributed by atoms with Gasteiger partial charge in [-0.3, -0.25) is 19.3 Å². The molecule has 5 rings (SSSR count). The van der Waals surface area contributed by atoms with Gasteiger partial charge in [0.15, 0.2) is 5.11 Å². The fraction of sp³-hybridized carbons (Fsp3) is 0.258. The van der Waals surface area contributed by atoms with Crippen LogP contribution < -0.4 is 15.1 Å². The summed E-state index contributed by atoms with van der Waals surface area (Å²) in [4.78, 5) is 55.6. The average molecular weight is 589 g/mol. The first kappa shape index (κ1) is 28.9. The molecule has 2 fully saturated rings. The Morgan fingerprint density at radius 1 is 0.976 bits per heavy atom. The van der Waals surface area contributed by atoms with Crippen molar-refractivity contribution in [3.05, 3.63) is 89.7 Å². The van der Waals surface area contributed by atoms with Crippen LogP contribution in [0, 0.1) is 5.82 Å². The number of thiocarbonyl (C=S) groups is 1. The van der Waals surface area contributed by atoms with Crippen molar-refractivity contribution in [3.8, 4) is 0 Å². The largest absolute Gasteiger partial charge is 0.462 e. The van der Waals surface area contributed by atoms with Gasteiger partial charge in [0.25, 0.3) is 5.91 Å². The lowest BCUT2D eigenvalue weighted by atomic mass is 10.1. The molecular formula is C31H29FN4O5S. The SMILES string of the molecule is CCOC(=O)c1ccc(NC(=O)C[C@@H]2C(=O)N(c3ccc(F)cc3)C(=S)N2Cc2ccc(N3CCCC3=O)cc2)cc1. The van der Waals surface area contributed by atoms with Crippen LogP contribution in [0.1, 0.15) is 42.1 Å². The van der Waals surface area contributed by atoms with E-state index in [-0.39, 0.29) is 30.6 Å². The number of benzene rings is 3. The van der Waals surface area contributed by atoms with Gasteiger partial charge in [0.05, 0.1) is 24.3 Å². The molecule has 1 N–H and O–H groups in total. The highest BCUT2D eigenvalue weighted by Crippen LogP contribution is 2.30. The highest BCUT2D eigenvalue weighted by molar-refractivity contribution is 7.80. The second kappa shape index (κ2) is 12.5. The van der Waals surface area contributed by atoms with Crippen LogP contribution in [0.15, 0.2) is 72.8 Å². The molecule has 0 spiro atoms. The van der Waals surface area contributed by atoms with Gasteiger partial charge in [-0.2, -0.15) is 0 Å². The molecule has 0 aromatic heterocycles. The van der Waals surface area contributed by atoms with E-state index in [0.29, 0.717) is 29.9 Å². The number of amides is 3. The van der Waals surface area contributed by atoms with Gasteiger partial charge in [0.1, 0.15) is 11.9 Å². The Morgan fingerprint density at radius 2 is 1.64 bits per heavy atom. The van der Waals surface area contributed by atoms with Gasteiger partial charge in [-0.15, -0.1) is 0 Å². The Balaban J connectivity index is 1.34. The Morgan fingerprint density at radius 3 is 2.26 bits per heavy atom. The number of halogens is 1. The molecule has 2 heterocycles. The molecule has 216 valence electrons. The molecule has 9 nitrogen and oxygen atoms in total. The lowest BCUT2D eigenvalue weighted by Crippen LogP contribution is -2.37. The summed E-state index contributed by atoms with van der Waals surface area (Å²) in [5.74, 6) is -1.65. The van der Waals surface area contributed by atoms with Crippen LogP contribution >= 0.6 is 12.2 Å². The lowest BCUT2D eigenvalue weighted by Gasteiger charge is -2.24. The van der Waals surface area contributed by atoms with Gasteiger partial charge in [0.2, 0.25) is 11.8 Å². The van der Waals surface area contributed by atoms with Gasteiger partial charge >= 0.3 is 5.97 Å². The number of anilines is 3. The molecule has 3 aromatic rings. The minimum atomic E-state index is -0.916. The minimum Gasteiger partial charge on any atom is -0.462 e. The van der Waals surface area contributed by atoms with E-state index in [2.05, 4.69) is 5.32 Å². The van der Waals surface area contributed by atoms with E-state index < -0.39 is 29.6 Å². The summed E-state index contributed by atoms with van der Waals surface area (Å²) < 4.78 is 18.6. The van der Waals surface area contributed by atoms with Crippen molar-refractivity contribution in [2.75, 3.05) is 28.3 Å². The summed E-state index contributed by atoms with van der Waals surface area (Å²) in [6, 6.07) is 18.2. The van der Waals surface area contributed by atoms with Crippen LogP contribution in [0.3, 0.4) is 0 Å². The third-order valence-corrected chi connectivity index (χ3v) is 7.55. The number of nitrogens with zero attached hydrogens (tertiary/aromatic N) is 3. The molecule has 2 saturated heterocycles. The van der Waals surface area contributed by atoms with Crippen LogP contribution in [-0.2, 0) is 25.7 Å². The van der Waals surface area contributed by atoms with Crippen LogP contribution in [0.25, 0.3) is 0 Å². The van der Waals surface area contributed by atoms with Crippen LogP contribution in [0.5, 0.6) is 0 Å². The predicted octanol–water partition coefficient (Wildman–Crippen LogP) is 4.66. The van der Waals surface area contributed by atoms with Gasteiger partial charge in [-0.25, -0.2) is 9.18 Å². The second-order valence-electron chi connectivity index (χ2n) is 9.94. The molecule has 0 saturated carbocycles. The molecule has 2 aliphatic heterocycles. The monoisotopic (exact) mass is 588 g/mol. The van der Waals surface area contributed by atoms with Crippen molar-refractivity contribution in [1.82, 2.24) is 4.90 Å². The molecule has 42 heavy (non-hydrogen) atoms. The maximum absolute atomic E-state index is 13.7. The number of hydrogen-bond acceptors (Lipinski definition) is 6. The summed E-state index contributed by atoms with van der Waals surface area (Å²) in [5.41, 5.74) is 2.85. The number of rotatable bonds is 9. The molecule has 3 amide bonds. The van der Waals surface area contributed by atoms with Crippen molar-refractivity contribution >= 4 is 58.1 Å². The fourth-order valence-corrected chi connectivity index (χ4v) is 5.42. The first-order valence-electron chi connectivity index (χ1n) is 13.6. The van der Waals surface area contributed by atoms with Crippen LogP contribution in [0.4, 0.5) is 21.5 Å². The highest BCUT2D eigenvalue weighted by atomic mass is 32.1. The Hall–Kier alpha value is -4.64. The summed E-state index contributed by atoms with van der Waals surface area (Å²) in [6.07, 6.45) is 1.16. The molecular weight excluding hydrogens is 559 g/mol. The Bertz CT molecular complexity index is 1510. The molecule has 3 aromatic carbocycles. The van der Waals surface area contributed by atoms with Gasteiger partial charge in [-0.1, -0.05) is 12.1 Å². The van der Waals surface area contributed by atoms with E-state index in [0.717, 1.165) is 17.7 Å². The van der Waals surface area contributed by atoms with Gasteiger partial charge in [0, 0.05) is 30.9 Å². The topological polar surface area (TPSA) is 99.3 Å². The minimum absolute atomic E-state index is 0.0885. The lowest BCUT2D eigenvalue weighted by molar-refractivity contribution is -0.124. The van der Waals surface area contributed by atoms with E-state index in [1.54, 1.807) is 41.0 Å². The summed E-state index contributed by atoms with van der Waals surface area (Å²) in [6.45, 7) is 2.89. The van der Waals surface area contributed by atoms with E-state index in [9.17, 15) is 23.6 Å². The van der Waals surface area contributed by atoms with Crippen molar-refractivity contribution in [3.63, 3.8) is 0 Å². The van der Waals surface area contributed by atoms with E-state index >= 15 is 0 Å². The smallest absolute Gasteiger partial charge is 0.338 e. The molecule has 2 aliphatic rings. The quantitative estimate of drug-likeness (QED) is 0.287. The van der Waals surface area contributed by atoms with Crippen molar-refractivity contribution in [2.24, 2.45) is 0 Å². The van der Waals surface area contributed by atoms with Gasteiger partial charge in [-0.05, 0) is 91.8 Å². The fourth-order valence-electron chi connectivity index (χ4n) is 5.03. The Labute approximate surface area is 247 Å². The number of carbonyl (C=O) groups is 4. The third kappa shape index (κ3) is 6.15. The maximum Gasteiger partial charge on any atom is 0.338 e. The maximum atomic E-state index is 13.7. The van der Waals surface area contributed by atoms with Crippen molar-refractivity contribution < 1.29 is 28.3 Å². The van der Waals surface area contributed by atoms with Crippen LogP contribution in [0.2, 0.25) is 0 Å². The van der Waals surface area contributed by atoms with E-state index in [4.69, 9.17) is 17.0 Å². The zero-order chi connectivity index (χ0) is 29.8. The summed E-state index contributed by atoms with van der Waals surface area (Å²) in [7, 11) is 0. The zero-order valence-electron chi connectivity index (χ0n) is 22.9. The number of hydrogen-bond donors (Lipinski definition) is 1. The molecule has 0 radical (unpaired) electrons. The van der Waals surface area contributed by atoms with E-state index in [1.807, 2.05) is 24.3 Å². The zero-order valence-corrected chi connectivity index (χ0v) is 23.7. The van der Waals surface area contributed by atoms with Crippen LogP contribution in [-0.4, -0.2) is 52.9 Å². The molecule has 1 atom stereocenters. The predicted molar refractivity (Wildman–Crippen MR) is 159 cm³/mol. The Kier molecular flexibility index (Phi) is 8.58. The normalized spacial score (nSPS) is 16.8. The standard InChI is InChI=1S/C31H29FN4O5S/c1-2-41-30(40)21-7-11-23(12-8-21)33-27(37)18-26-29(39)36(25-15-9-22(32)10-16-25)31(42)35(26)19-20-5-13-24(14-6-20)34-17-3-4-28(34)38/h5-16,26H,2-4,17-19H2,1H3,(H,33,37)/t26-/m1/s1. The van der Waals surface area contributed by atoms with Gasteiger partial charge < -0.3 is 19.9 Å². The summed E-state index contributed by atoms with van der Waals surface area (Å²) in [5, 5.41) is 2.97. The van der Waals surface area contributed by atoms with Crippen molar-refractivity contribution in [2.45, 2.75) is 38.8 Å². The molecule has 11 heteroatoms. The second-order valence-corrected chi connectivity index (χ2v) is 10.3. The average Bonchev–Trinajstić information content (AvgIpc) is 3.50. The molecule has 0 bridgehead atoms. The first-order valence-corrected chi connectivity index (χ1v) is 14.0. The number of carbonyl (C=O) groups excluding carboxylic acids is 4. The number of nitrogens with one attached hydrogen (secondary N) is 1. The third-order valence-electron chi connectivity index (χ3n) is 7.14.